The highest BCUT2D eigenvalue weighted by Gasteiger charge is 1.97. The minimum atomic E-state index is 0.745. The van der Waals surface area contributed by atoms with Gasteiger partial charge in [0.15, 0.2) is 0 Å². The van der Waals surface area contributed by atoms with Crippen LogP contribution in [-0.4, -0.2) is 6.61 Å². The lowest BCUT2D eigenvalue weighted by atomic mass is 10.1. The van der Waals surface area contributed by atoms with E-state index in [4.69, 9.17) is 4.74 Å². The van der Waals surface area contributed by atoms with Gasteiger partial charge in [-0.3, -0.25) is 0 Å². The molecule has 0 amide bonds. The third-order valence-electron chi connectivity index (χ3n) is 1.96. The maximum Gasteiger partial charge on any atom is 0.119 e. The molecule has 0 spiro atoms. The highest BCUT2D eigenvalue weighted by atomic mass is 16.5. The Morgan fingerprint density at radius 1 is 1.15 bits per heavy atom. The normalized spacial score (nSPS) is 10.1. The van der Waals surface area contributed by atoms with Crippen LogP contribution in [0.25, 0.3) is 0 Å². The van der Waals surface area contributed by atoms with Gasteiger partial charge in [-0.25, -0.2) is 0 Å². The van der Waals surface area contributed by atoms with E-state index >= 15 is 0 Å². The molecule has 0 aliphatic carbocycles. The number of ether oxygens (including phenoxy) is 1. The fourth-order valence-corrected chi connectivity index (χ4v) is 1.51. The van der Waals surface area contributed by atoms with Gasteiger partial charge in [0.1, 0.15) is 5.75 Å². The van der Waals surface area contributed by atoms with Crippen molar-refractivity contribution in [2.24, 2.45) is 0 Å². The first-order valence-corrected chi connectivity index (χ1v) is 4.99. The van der Waals surface area contributed by atoms with Gasteiger partial charge >= 0.3 is 0 Å². The molecule has 0 bridgehead atoms. The molecule has 13 heavy (non-hydrogen) atoms. The van der Waals surface area contributed by atoms with Gasteiger partial charge in [-0.2, -0.15) is 0 Å². The van der Waals surface area contributed by atoms with E-state index in [9.17, 15) is 0 Å². The zero-order valence-electron chi connectivity index (χ0n) is 8.76. The van der Waals surface area contributed by atoms with E-state index in [1.807, 2.05) is 6.92 Å². The number of hydrogen-bond donors (Lipinski definition) is 0. The van der Waals surface area contributed by atoms with Gasteiger partial charge in [0.05, 0.1) is 6.61 Å². The topological polar surface area (TPSA) is 9.23 Å². The fourth-order valence-electron chi connectivity index (χ4n) is 1.51. The van der Waals surface area contributed by atoms with Crippen molar-refractivity contribution in [2.45, 2.75) is 33.6 Å². The molecule has 0 radical (unpaired) electrons. The summed E-state index contributed by atoms with van der Waals surface area (Å²) in [5.74, 6) is 1.01. The largest absolute Gasteiger partial charge is 0.494 e. The molecular weight excluding hydrogens is 160 g/mol. The maximum atomic E-state index is 5.47. The van der Waals surface area contributed by atoms with Crippen molar-refractivity contribution in [3.05, 3.63) is 29.3 Å². The van der Waals surface area contributed by atoms with Crippen LogP contribution in [0.5, 0.6) is 5.75 Å². The lowest BCUT2D eigenvalue weighted by Gasteiger charge is -2.07. The van der Waals surface area contributed by atoms with Crippen LogP contribution in [-0.2, 0) is 6.42 Å². The molecule has 0 heterocycles. The number of hydrogen-bond acceptors (Lipinski definition) is 1. The number of rotatable bonds is 4. The lowest BCUT2D eigenvalue weighted by molar-refractivity contribution is 0.339. The van der Waals surface area contributed by atoms with Gasteiger partial charge in [-0.05, 0) is 43.5 Å². The lowest BCUT2D eigenvalue weighted by Crippen LogP contribution is -1.93. The third-order valence-corrected chi connectivity index (χ3v) is 1.96. The van der Waals surface area contributed by atoms with E-state index in [0.29, 0.717) is 0 Å². The van der Waals surface area contributed by atoms with Crippen LogP contribution in [0.2, 0.25) is 0 Å². The first-order chi connectivity index (χ1) is 6.26. The Bertz CT molecular complexity index is 242. The van der Waals surface area contributed by atoms with Gasteiger partial charge in [0.2, 0.25) is 0 Å². The molecule has 72 valence electrons. The molecule has 1 rings (SSSR count). The zero-order valence-corrected chi connectivity index (χ0v) is 8.76. The van der Waals surface area contributed by atoms with Crippen molar-refractivity contribution in [3.63, 3.8) is 0 Å². The van der Waals surface area contributed by atoms with Gasteiger partial charge in [0, 0.05) is 0 Å². The highest BCUT2D eigenvalue weighted by Crippen LogP contribution is 2.17. The Morgan fingerprint density at radius 3 is 2.54 bits per heavy atom. The second-order valence-electron chi connectivity index (χ2n) is 3.34. The van der Waals surface area contributed by atoms with Crippen molar-refractivity contribution in [2.75, 3.05) is 6.61 Å². The smallest absolute Gasteiger partial charge is 0.119 e. The fraction of sp³-hybridized carbons (Fsp3) is 0.500. The predicted molar refractivity (Wildman–Crippen MR) is 56.3 cm³/mol. The summed E-state index contributed by atoms with van der Waals surface area (Å²) < 4.78 is 5.47. The molecule has 1 nitrogen and oxygen atoms in total. The van der Waals surface area contributed by atoms with Gasteiger partial charge in [-0.1, -0.05) is 19.4 Å². The zero-order chi connectivity index (χ0) is 9.68. The van der Waals surface area contributed by atoms with Crippen LogP contribution < -0.4 is 4.74 Å². The van der Waals surface area contributed by atoms with E-state index in [-0.39, 0.29) is 0 Å². The SMILES string of the molecule is CCCc1cc(C)cc(OCC)c1. The van der Waals surface area contributed by atoms with Crippen LogP contribution in [0.4, 0.5) is 0 Å². The molecule has 0 saturated heterocycles. The second-order valence-corrected chi connectivity index (χ2v) is 3.34. The second kappa shape index (κ2) is 4.90. The molecule has 0 N–H and O–H groups in total. The predicted octanol–water partition coefficient (Wildman–Crippen LogP) is 3.35. The summed E-state index contributed by atoms with van der Waals surface area (Å²) in [7, 11) is 0. The Kier molecular flexibility index (Phi) is 3.81. The quantitative estimate of drug-likeness (QED) is 0.687. The van der Waals surface area contributed by atoms with E-state index < -0.39 is 0 Å². The van der Waals surface area contributed by atoms with Crippen LogP contribution >= 0.6 is 0 Å². The summed E-state index contributed by atoms with van der Waals surface area (Å²) in [6.07, 6.45) is 2.33. The van der Waals surface area contributed by atoms with Gasteiger partial charge < -0.3 is 4.74 Å². The minimum Gasteiger partial charge on any atom is -0.494 e. The van der Waals surface area contributed by atoms with Crippen molar-refractivity contribution in [1.29, 1.82) is 0 Å². The summed E-state index contributed by atoms with van der Waals surface area (Å²) in [5.41, 5.74) is 2.67. The summed E-state index contributed by atoms with van der Waals surface area (Å²) in [5, 5.41) is 0. The minimum absolute atomic E-state index is 0.745. The van der Waals surface area contributed by atoms with Crippen LogP contribution in [0.15, 0.2) is 18.2 Å². The van der Waals surface area contributed by atoms with Crippen LogP contribution in [0.1, 0.15) is 31.4 Å². The Balaban J connectivity index is 2.83. The average Bonchev–Trinajstić information content (AvgIpc) is 2.04. The first kappa shape index (κ1) is 10.1. The molecule has 0 fully saturated rings. The third kappa shape index (κ3) is 3.10. The summed E-state index contributed by atoms with van der Waals surface area (Å²) in [6, 6.07) is 6.45. The van der Waals surface area contributed by atoms with Crippen LogP contribution in [0, 0.1) is 6.92 Å². The molecule has 1 aromatic rings. The monoisotopic (exact) mass is 178 g/mol. The average molecular weight is 178 g/mol. The van der Waals surface area contributed by atoms with Crippen molar-refractivity contribution in [3.8, 4) is 5.75 Å². The molecular formula is C12H18O. The Morgan fingerprint density at radius 2 is 1.92 bits per heavy atom. The molecule has 0 aliphatic heterocycles. The van der Waals surface area contributed by atoms with Crippen molar-refractivity contribution in [1.82, 2.24) is 0 Å². The summed E-state index contributed by atoms with van der Waals surface area (Å²) in [6.45, 7) is 7.07. The molecule has 1 aromatic carbocycles. The van der Waals surface area contributed by atoms with Gasteiger partial charge in [0.25, 0.3) is 0 Å². The summed E-state index contributed by atoms with van der Waals surface area (Å²) >= 11 is 0. The van der Waals surface area contributed by atoms with E-state index in [1.165, 1.54) is 17.5 Å². The molecule has 1 heteroatoms. The van der Waals surface area contributed by atoms with E-state index in [0.717, 1.165) is 18.8 Å². The molecule has 0 aliphatic rings. The Labute approximate surface area is 80.7 Å². The molecule has 0 unspecified atom stereocenters. The Hall–Kier alpha value is -0.980. The van der Waals surface area contributed by atoms with Gasteiger partial charge in [-0.15, -0.1) is 0 Å². The van der Waals surface area contributed by atoms with E-state index in [1.54, 1.807) is 0 Å². The molecule has 0 atom stereocenters. The standard InChI is InChI=1S/C12H18O/c1-4-6-11-7-10(3)8-12(9-11)13-5-2/h7-9H,4-6H2,1-3H3. The highest BCUT2D eigenvalue weighted by molar-refractivity contribution is 5.33. The van der Waals surface area contributed by atoms with Crippen molar-refractivity contribution < 1.29 is 4.74 Å². The number of aryl methyl sites for hydroxylation is 2. The molecule has 0 saturated carbocycles. The first-order valence-electron chi connectivity index (χ1n) is 4.99. The maximum absolute atomic E-state index is 5.47. The molecule has 0 aromatic heterocycles. The van der Waals surface area contributed by atoms with Crippen molar-refractivity contribution >= 4 is 0 Å². The van der Waals surface area contributed by atoms with E-state index in [2.05, 4.69) is 32.0 Å². The number of benzene rings is 1. The summed E-state index contributed by atoms with van der Waals surface area (Å²) in [4.78, 5) is 0. The van der Waals surface area contributed by atoms with Crippen LogP contribution in [0.3, 0.4) is 0 Å².